The van der Waals surface area contributed by atoms with Gasteiger partial charge in [0.2, 0.25) is 5.91 Å². The highest BCUT2D eigenvalue weighted by Crippen LogP contribution is 2.33. The molecule has 2 rings (SSSR count). The number of carbonyl (C=O) groups is 2. The summed E-state index contributed by atoms with van der Waals surface area (Å²) in [6.45, 7) is 0.386. The molecule has 1 aliphatic rings. The summed E-state index contributed by atoms with van der Waals surface area (Å²) < 4.78 is 10.4. The second-order valence-corrected chi connectivity index (χ2v) is 4.45. The van der Waals surface area contributed by atoms with Crippen molar-refractivity contribution < 1.29 is 19.1 Å². The summed E-state index contributed by atoms with van der Waals surface area (Å²) in [6.07, 6.45) is 0.233. The van der Waals surface area contributed by atoms with Crippen LogP contribution in [0.25, 0.3) is 0 Å². The summed E-state index contributed by atoms with van der Waals surface area (Å²) in [5.74, 6) is 1.06. The number of urea groups is 1. The van der Waals surface area contributed by atoms with Crippen LogP contribution in [0.2, 0.25) is 0 Å². The van der Waals surface area contributed by atoms with Gasteiger partial charge in [-0.1, -0.05) is 0 Å². The number of hydrogen-bond acceptors (Lipinski definition) is 4. The quantitative estimate of drug-likeness (QED) is 0.838. The molecule has 3 N–H and O–H groups in total. The van der Waals surface area contributed by atoms with Crippen molar-refractivity contribution in [3.8, 4) is 11.5 Å². The first-order valence-electron chi connectivity index (χ1n) is 6.13. The van der Waals surface area contributed by atoms with Gasteiger partial charge in [-0.25, -0.2) is 4.79 Å². The molecule has 0 aromatic heterocycles. The van der Waals surface area contributed by atoms with Gasteiger partial charge in [-0.05, 0) is 12.1 Å². The van der Waals surface area contributed by atoms with Gasteiger partial charge in [0.25, 0.3) is 0 Å². The molecule has 1 saturated heterocycles. The van der Waals surface area contributed by atoms with Crippen molar-refractivity contribution in [2.75, 3.05) is 25.7 Å². The maximum Gasteiger partial charge on any atom is 0.312 e. The van der Waals surface area contributed by atoms with Crippen LogP contribution in [0.3, 0.4) is 0 Å². The molecule has 0 spiro atoms. The molecule has 7 nitrogen and oxygen atoms in total. The maximum atomic E-state index is 12.0. The van der Waals surface area contributed by atoms with Crippen molar-refractivity contribution >= 4 is 17.6 Å². The lowest BCUT2D eigenvalue weighted by Crippen LogP contribution is -2.40. The van der Waals surface area contributed by atoms with E-state index in [1.54, 1.807) is 30.2 Å². The largest absolute Gasteiger partial charge is 0.493 e. The molecule has 1 aliphatic heterocycles. The van der Waals surface area contributed by atoms with Crippen LogP contribution >= 0.6 is 0 Å². The molecule has 20 heavy (non-hydrogen) atoms. The third-order valence-electron chi connectivity index (χ3n) is 3.15. The van der Waals surface area contributed by atoms with Crippen LogP contribution in [-0.2, 0) is 4.79 Å². The van der Waals surface area contributed by atoms with Gasteiger partial charge in [0, 0.05) is 24.7 Å². The van der Waals surface area contributed by atoms with Crippen LogP contribution in [0.5, 0.6) is 11.5 Å². The first-order valence-corrected chi connectivity index (χ1v) is 6.13. The summed E-state index contributed by atoms with van der Waals surface area (Å²) in [5, 5.41) is 2.54. The summed E-state index contributed by atoms with van der Waals surface area (Å²) in [4.78, 5) is 24.4. The number of carbonyl (C=O) groups excluding carboxylic acids is 2. The van der Waals surface area contributed by atoms with Gasteiger partial charge >= 0.3 is 6.03 Å². The number of nitrogens with two attached hydrogens (primary N) is 1. The third-order valence-corrected chi connectivity index (χ3v) is 3.15. The lowest BCUT2D eigenvalue weighted by Gasteiger charge is -2.18. The van der Waals surface area contributed by atoms with Crippen molar-refractivity contribution in [2.45, 2.75) is 12.5 Å². The fourth-order valence-electron chi connectivity index (χ4n) is 2.25. The van der Waals surface area contributed by atoms with E-state index < -0.39 is 6.03 Å². The summed E-state index contributed by atoms with van der Waals surface area (Å²) >= 11 is 0. The highest BCUT2D eigenvalue weighted by atomic mass is 16.5. The number of nitrogens with one attached hydrogen (secondary N) is 1. The van der Waals surface area contributed by atoms with Gasteiger partial charge in [0.15, 0.2) is 11.5 Å². The van der Waals surface area contributed by atoms with Crippen LogP contribution in [0.4, 0.5) is 10.5 Å². The van der Waals surface area contributed by atoms with E-state index >= 15 is 0 Å². The van der Waals surface area contributed by atoms with E-state index in [-0.39, 0.29) is 18.4 Å². The molecule has 3 amide bonds. The van der Waals surface area contributed by atoms with Gasteiger partial charge in [-0.2, -0.15) is 0 Å². The highest BCUT2D eigenvalue weighted by Gasteiger charge is 2.31. The first-order chi connectivity index (χ1) is 9.55. The number of ether oxygens (including phenoxy) is 2. The van der Waals surface area contributed by atoms with Crippen molar-refractivity contribution in [2.24, 2.45) is 5.73 Å². The Morgan fingerprint density at radius 1 is 1.35 bits per heavy atom. The molecule has 1 aromatic carbocycles. The summed E-state index contributed by atoms with van der Waals surface area (Å²) in [5.41, 5.74) is 5.76. The van der Waals surface area contributed by atoms with Gasteiger partial charge in [-0.15, -0.1) is 0 Å². The van der Waals surface area contributed by atoms with E-state index in [0.717, 1.165) is 0 Å². The number of nitrogens with zero attached hydrogens (tertiary/aromatic N) is 1. The summed E-state index contributed by atoms with van der Waals surface area (Å²) in [6, 6.07) is 4.33. The number of benzene rings is 1. The number of methoxy groups -OCH3 is 2. The van der Waals surface area contributed by atoms with Crippen LogP contribution in [0.1, 0.15) is 6.42 Å². The molecular weight excluding hydrogens is 262 g/mol. The lowest BCUT2D eigenvalue weighted by molar-refractivity contribution is -0.117. The smallest absolute Gasteiger partial charge is 0.312 e. The zero-order valence-electron chi connectivity index (χ0n) is 11.4. The zero-order valence-corrected chi connectivity index (χ0v) is 11.4. The second-order valence-electron chi connectivity index (χ2n) is 4.45. The molecule has 1 atom stereocenters. The topological polar surface area (TPSA) is 93.9 Å². The Kier molecular flexibility index (Phi) is 3.97. The second kappa shape index (κ2) is 5.68. The van der Waals surface area contributed by atoms with Gasteiger partial charge in [0.1, 0.15) is 0 Å². The van der Waals surface area contributed by atoms with E-state index in [0.29, 0.717) is 23.7 Å². The lowest BCUT2D eigenvalue weighted by atomic mass is 10.2. The van der Waals surface area contributed by atoms with Gasteiger partial charge < -0.3 is 25.4 Å². The number of primary amides is 1. The Morgan fingerprint density at radius 2 is 2.05 bits per heavy atom. The molecule has 1 fully saturated rings. The highest BCUT2D eigenvalue weighted by molar-refractivity contribution is 5.97. The SMILES string of the molecule is COc1ccc(N2C[C@@H](NC(N)=O)CC2=O)cc1OC. The number of amides is 3. The third kappa shape index (κ3) is 2.76. The fraction of sp³-hybridized carbons (Fsp3) is 0.385. The molecule has 7 heteroatoms. The predicted octanol–water partition coefficient (Wildman–Crippen LogP) is 0.477. The summed E-state index contributed by atoms with van der Waals surface area (Å²) in [7, 11) is 3.08. The molecule has 0 unspecified atom stereocenters. The standard InChI is InChI=1S/C13H17N3O4/c1-19-10-4-3-9(6-11(10)20-2)16-7-8(5-12(16)17)15-13(14)18/h3-4,6,8H,5,7H2,1-2H3,(H3,14,15,18)/t8-/m0/s1. The fourth-order valence-corrected chi connectivity index (χ4v) is 2.25. The first kappa shape index (κ1) is 14.0. The average molecular weight is 279 g/mol. The van der Waals surface area contributed by atoms with Crippen LogP contribution in [0, 0.1) is 0 Å². The monoisotopic (exact) mass is 279 g/mol. The van der Waals surface area contributed by atoms with E-state index in [4.69, 9.17) is 15.2 Å². The van der Waals surface area contributed by atoms with Crippen molar-refractivity contribution in [3.63, 3.8) is 0 Å². The number of anilines is 1. The van der Waals surface area contributed by atoms with Gasteiger partial charge in [0.05, 0.1) is 20.3 Å². The van der Waals surface area contributed by atoms with Crippen LogP contribution in [0.15, 0.2) is 18.2 Å². The molecule has 0 bridgehead atoms. The van der Waals surface area contributed by atoms with Crippen molar-refractivity contribution in [3.05, 3.63) is 18.2 Å². The molecular formula is C13H17N3O4. The number of rotatable bonds is 4. The van der Waals surface area contributed by atoms with Crippen LogP contribution in [-0.4, -0.2) is 38.7 Å². The Labute approximate surface area is 116 Å². The predicted molar refractivity (Wildman–Crippen MR) is 73.0 cm³/mol. The Morgan fingerprint density at radius 3 is 2.65 bits per heavy atom. The molecule has 1 aromatic rings. The minimum absolute atomic E-state index is 0.0732. The van der Waals surface area contributed by atoms with Crippen molar-refractivity contribution in [1.82, 2.24) is 5.32 Å². The Balaban J connectivity index is 2.19. The molecule has 0 saturated carbocycles. The van der Waals surface area contributed by atoms with E-state index in [9.17, 15) is 9.59 Å². The molecule has 108 valence electrons. The minimum atomic E-state index is -0.628. The van der Waals surface area contributed by atoms with E-state index in [1.807, 2.05) is 0 Å². The maximum absolute atomic E-state index is 12.0. The Bertz CT molecular complexity index is 532. The van der Waals surface area contributed by atoms with Gasteiger partial charge in [-0.3, -0.25) is 4.79 Å². The Hall–Kier alpha value is -2.44. The zero-order chi connectivity index (χ0) is 14.7. The van der Waals surface area contributed by atoms with Crippen molar-refractivity contribution in [1.29, 1.82) is 0 Å². The normalized spacial score (nSPS) is 18.0. The molecule has 0 radical (unpaired) electrons. The minimum Gasteiger partial charge on any atom is -0.493 e. The average Bonchev–Trinajstić information content (AvgIpc) is 2.77. The van der Waals surface area contributed by atoms with Crippen LogP contribution < -0.4 is 25.4 Å². The molecule has 0 aliphatic carbocycles. The van der Waals surface area contributed by atoms with E-state index in [2.05, 4.69) is 5.32 Å². The number of hydrogen-bond donors (Lipinski definition) is 2. The van der Waals surface area contributed by atoms with E-state index in [1.165, 1.54) is 7.11 Å². The molecule has 1 heterocycles.